The summed E-state index contributed by atoms with van der Waals surface area (Å²) < 4.78 is 0. The molecule has 1 aromatic carbocycles. The van der Waals surface area contributed by atoms with E-state index in [0.717, 1.165) is 11.4 Å². The Morgan fingerprint density at radius 3 is 2.44 bits per heavy atom. The zero-order valence-electron chi connectivity index (χ0n) is 10.4. The van der Waals surface area contributed by atoms with Crippen LogP contribution in [0.4, 0.5) is 17.2 Å². The summed E-state index contributed by atoms with van der Waals surface area (Å²) in [4.78, 5) is 6.20. The van der Waals surface area contributed by atoms with Crippen molar-refractivity contribution in [2.75, 3.05) is 24.3 Å². The second kappa shape index (κ2) is 5.19. The first-order valence-corrected chi connectivity index (χ1v) is 5.60. The van der Waals surface area contributed by atoms with Crippen molar-refractivity contribution in [1.29, 1.82) is 5.26 Å². The van der Waals surface area contributed by atoms with Crippen molar-refractivity contribution in [3.8, 4) is 6.07 Å². The van der Waals surface area contributed by atoms with E-state index in [9.17, 15) is 0 Å². The Kier molecular flexibility index (Phi) is 3.44. The molecule has 90 valence electrons. The molecule has 0 fully saturated rings. The van der Waals surface area contributed by atoms with Gasteiger partial charge in [-0.05, 0) is 36.4 Å². The van der Waals surface area contributed by atoms with Crippen molar-refractivity contribution in [3.05, 3.63) is 48.2 Å². The maximum absolute atomic E-state index is 8.78. The summed E-state index contributed by atoms with van der Waals surface area (Å²) in [5.74, 6) is 0.673. The molecule has 0 saturated carbocycles. The fraction of sp³-hybridized carbons (Fsp3) is 0.143. The highest BCUT2D eigenvalue weighted by Gasteiger charge is 1.99. The van der Waals surface area contributed by atoms with Gasteiger partial charge in [0, 0.05) is 25.5 Å². The molecule has 0 atom stereocenters. The molecule has 2 aromatic rings. The van der Waals surface area contributed by atoms with Crippen LogP contribution in [0.15, 0.2) is 42.5 Å². The molecule has 0 radical (unpaired) electrons. The molecular formula is C14H14N4. The highest BCUT2D eigenvalue weighted by Crippen LogP contribution is 2.18. The van der Waals surface area contributed by atoms with Gasteiger partial charge in [-0.15, -0.1) is 0 Å². The minimum absolute atomic E-state index is 0.407. The standard InChI is InChI=1S/C14H14N4/c1-18(2)13-8-6-11(7-9-13)16-14-5-3-4-12(10-15)17-14/h3-9H,1-2H3,(H,16,17). The van der Waals surface area contributed by atoms with Crippen LogP contribution in [0.25, 0.3) is 0 Å². The zero-order chi connectivity index (χ0) is 13.0. The first kappa shape index (κ1) is 11.9. The van der Waals surface area contributed by atoms with E-state index >= 15 is 0 Å². The number of benzene rings is 1. The Labute approximate surface area is 107 Å². The molecule has 2 rings (SSSR count). The van der Waals surface area contributed by atoms with E-state index in [1.165, 1.54) is 0 Å². The van der Waals surface area contributed by atoms with Gasteiger partial charge in [0.2, 0.25) is 0 Å². The molecule has 4 nitrogen and oxygen atoms in total. The van der Waals surface area contributed by atoms with Gasteiger partial charge >= 0.3 is 0 Å². The van der Waals surface area contributed by atoms with Crippen LogP contribution >= 0.6 is 0 Å². The molecule has 0 saturated heterocycles. The third kappa shape index (κ3) is 2.77. The van der Waals surface area contributed by atoms with E-state index < -0.39 is 0 Å². The average molecular weight is 238 g/mol. The van der Waals surface area contributed by atoms with E-state index in [0.29, 0.717) is 11.5 Å². The molecular weight excluding hydrogens is 224 g/mol. The van der Waals surface area contributed by atoms with Crippen LogP contribution in [0.3, 0.4) is 0 Å². The van der Waals surface area contributed by atoms with Gasteiger partial charge in [-0.1, -0.05) is 6.07 Å². The van der Waals surface area contributed by atoms with Gasteiger partial charge in [0.05, 0.1) is 0 Å². The summed E-state index contributed by atoms with van der Waals surface area (Å²) in [5.41, 5.74) is 2.49. The Hall–Kier alpha value is -2.54. The highest BCUT2D eigenvalue weighted by molar-refractivity contribution is 5.60. The average Bonchev–Trinajstić information content (AvgIpc) is 2.39. The van der Waals surface area contributed by atoms with Crippen molar-refractivity contribution >= 4 is 17.2 Å². The van der Waals surface area contributed by atoms with Crippen LogP contribution < -0.4 is 10.2 Å². The SMILES string of the molecule is CN(C)c1ccc(Nc2cccc(C#N)n2)cc1. The summed E-state index contributed by atoms with van der Waals surface area (Å²) in [6.07, 6.45) is 0. The lowest BCUT2D eigenvalue weighted by Crippen LogP contribution is -2.08. The minimum atomic E-state index is 0.407. The molecule has 0 spiro atoms. The molecule has 0 aliphatic rings. The van der Waals surface area contributed by atoms with Gasteiger partial charge in [-0.25, -0.2) is 4.98 Å². The highest BCUT2D eigenvalue weighted by atomic mass is 15.1. The maximum atomic E-state index is 8.78. The van der Waals surface area contributed by atoms with Crippen molar-refractivity contribution in [2.45, 2.75) is 0 Å². The molecule has 0 amide bonds. The Bertz CT molecular complexity index is 567. The van der Waals surface area contributed by atoms with E-state index in [-0.39, 0.29) is 0 Å². The van der Waals surface area contributed by atoms with Crippen molar-refractivity contribution in [3.63, 3.8) is 0 Å². The fourth-order valence-corrected chi connectivity index (χ4v) is 1.56. The lowest BCUT2D eigenvalue weighted by Gasteiger charge is -2.13. The van der Waals surface area contributed by atoms with E-state index in [4.69, 9.17) is 5.26 Å². The van der Waals surface area contributed by atoms with Crippen LogP contribution in [0, 0.1) is 11.3 Å². The molecule has 18 heavy (non-hydrogen) atoms. The second-order valence-corrected chi connectivity index (χ2v) is 4.09. The van der Waals surface area contributed by atoms with E-state index in [2.05, 4.69) is 10.3 Å². The quantitative estimate of drug-likeness (QED) is 0.893. The van der Waals surface area contributed by atoms with Gasteiger partial charge in [-0.3, -0.25) is 0 Å². The topological polar surface area (TPSA) is 52.0 Å². The Morgan fingerprint density at radius 2 is 1.83 bits per heavy atom. The zero-order valence-corrected chi connectivity index (χ0v) is 10.4. The predicted molar refractivity (Wildman–Crippen MR) is 73.0 cm³/mol. The summed E-state index contributed by atoms with van der Waals surface area (Å²) in [6, 6.07) is 15.4. The number of aromatic nitrogens is 1. The fourth-order valence-electron chi connectivity index (χ4n) is 1.56. The third-order valence-corrected chi connectivity index (χ3v) is 2.52. The van der Waals surface area contributed by atoms with E-state index in [1.807, 2.05) is 61.5 Å². The lowest BCUT2D eigenvalue weighted by atomic mass is 10.2. The van der Waals surface area contributed by atoms with Crippen LogP contribution in [0.2, 0.25) is 0 Å². The molecule has 0 aliphatic carbocycles. The first-order valence-electron chi connectivity index (χ1n) is 5.60. The Balaban J connectivity index is 2.16. The third-order valence-electron chi connectivity index (χ3n) is 2.52. The van der Waals surface area contributed by atoms with Crippen LogP contribution in [-0.4, -0.2) is 19.1 Å². The van der Waals surface area contributed by atoms with Gasteiger partial charge in [0.15, 0.2) is 0 Å². The number of anilines is 3. The molecule has 0 unspecified atom stereocenters. The summed E-state index contributed by atoms with van der Waals surface area (Å²) in [6.45, 7) is 0. The van der Waals surface area contributed by atoms with Crippen molar-refractivity contribution in [2.24, 2.45) is 0 Å². The number of nitrogens with zero attached hydrogens (tertiary/aromatic N) is 3. The molecule has 1 heterocycles. The Morgan fingerprint density at radius 1 is 1.11 bits per heavy atom. The molecule has 0 bridgehead atoms. The summed E-state index contributed by atoms with van der Waals surface area (Å²) in [5, 5.41) is 11.9. The molecule has 1 aromatic heterocycles. The number of hydrogen-bond acceptors (Lipinski definition) is 4. The maximum Gasteiger partial charge on any atom is 0.142 e. The minimum Gasteiger partial charge on any atom is -0.378 e. The number of nitrogens with one attached hydrogen (secondary N) is 1. The predicted octanol–water partition coefficient (Wildman–Crippen LogP) is 2.76. The monoisotopic (exact) mass is 238 g/mol. The number of rotatable bonds is 3. The number of pyridine rings is 1. The van der Waals surface area contributed by atoms with Gasteiger partial charge in [0.25, 0.3) is 0 Å². The lowest BCUT2D eigenvalue weighted by molar-refractivity contribution is 1.13. The van der Waals surface area contributed by atoms with Gasteiger partial charge in [-0.2, -0.15) is 5.26 Å². The van der Waals surface area contributed by atoms with Crippen molar-refractivity contribution < 1.29 is 0 Å². The first-order chi connectivity index (χ1) is 8.69. The summed E-state index contributed by atoms with van der Waals surface area (Å²) in [7, 11) is 4.00. The normalized spacial score (nSPS) is 9.61. The molecule has 4 heteroatoms. The molecule has 1 N–H and O–H groups in total. The van der Waals surface area contributed by atoms with Crippen LogP contribution in [0.5, 0.6) is 0 Å². The van der Waals surface area contributed by atoms with Crippen molar-refractivity contribution in [1.82, 2.24) is 4.98 Å². The molecule has 0 aliphatic heterocycles. The largest absolute Gasteiger partial charge is 0.378 e. The van der Waals surface area contributed by atoms with Crippen LogP contribution in [-0.2, 0) is 0 Å². The van der Waals surface area contributed by atoms with Gasteiger partial charge < -0.3 is 10.2 Å². The second-order valence-electron chi connectivity index (χ2n) is 4.09. The van der Waals surface area contributed by atoms with Crippen LogP contribution in [0.1, 0.15) is 5.69 Å². The number of nitriles is 1. The summed E-state index contributed by atoms with van der Waals surface area (Å²) >= 11 is 0. The number of hydrogen-bond donors (Lipinski definition) is 1. The van der Waals surface area contributed by atoms with E-state index in [1.54, 1.807) is 6.07 Å². The smallest absolute Gasteiger partial charge is 0.142 e. The van der Waals surface area contributed by atoms with Gasteiger partial charge in [0.1, 0.15) is 17.6 Å².